The molecule has 0 aromatic heterocycles. The maximum atomic E-state index is 13.7. The number of rotatable bonds is 6. The van der Waals surface area contributed by atoms with E-state index in [4.69, 9.17) is 18.9 Å². The van der Waals surface area contributed by atoms with Gasteiger partial charge in [0.05, 0.1) is 26.9 Å². The van der Waals surface area contributed by atoms with E-state index in [2.05, 4.69) is 0 Å². The zero-order chi connectivity index (χ0) is 17.7. The topological polar surface area (TPSA) is 54.0 Å². The molecular weight excluding hydrogens is 315 g/mol. The molecule has 0 aliphatic rings. The van der Waals surface area contributed by atoms with Crippen LogP contribution in [0.4, 0.5) is 4.39 Å². The van der Waals surface area contributed by atoms with Gasteiger partial charge in [-0.05, 0) is 48.4 Å². The van der Waals surface area contributed by atoms with Gasteiger partial charge >= 0.3 is 5.97 Å². The van der Waals surface area contributed by atoms with E-state index in [9.17, 15) is 9.18 Å². The van der Waals surface area contributed by atoms with Gasteiger partial charge in [0.2, 0.25) is 0 Å². The number of methoxy groups -OCH3 is 3. The molecule has 0 aliphatic carbocycles. The van der Waals surface area contributed by atoms with Crippen molar-refractivity contribution in [2.24, 2.45) is 0 Å². The molecule has 0 saturated carbocycles. The Labute approximate surface area is 139 Å². The highest BCUT2D eigenvalue weighted by molar-refractivity contribution is 5.89. The van der Waals surface area contributed by atoms with Gasteiger partial charge in [-0.2, -0.15) is 0 Å². The van der Waals surface area contributed by atoms with Crippen molar-refractivity contribution >= 4 is 5.97 Å². The Bertz CT molecular complexity index is 742. The summed E-state index contributed by atoms with van der Waals surface area (Å²) in [6.45, 7) is 1.91. The van der Waals surface area contributed by atoms with E-state index in [-0.39, 0.29) is 17.9 Å². The van der Waals surface area contributed by atoms with Crippen molar-refractivity contribution in [1.82, 2.24) is 0 Å². The normalized spacial score (nSPS) is 10.2. The number of benzene rings is 2. The summed E-state index contributed by atoms with van der Waals surface area (Å²) in [6.07, 6.45) is 0. The third kappa shape index (κ3) is 3.76. The minimum absolute atomic E-state index is 0.0403. The van der Waals surface area contributed by atoms with Gasteiger partial charge in [0.1, 0.15) is 6.61 Å². The van der Waals surface area contributed by atoms with E-state index in [0.717, 1.165) is 17.2 Å². The largest absolute Gasteiger partial charge is 0.494 e. The van der Waals surface area contributed by atoms with E-state index < -0.39 is 11.8 Å². The van der Waals surface area contributed by atoms with Crippen molar-refractivity contribution < 1.29 is 28.1 Å². The summed E-state index contributed by atoms with van der Waals surface area (Å²) in [4.78, 5) is 12.1. The monoisotopic (exact) mass is 334 g/mol. The number of carbonyl (C=O) groups excluding carboxylic acids is 1. The summed E-state index contributed by atoms with van der Waals surface area (Å²) in [6, 6.07) is 7.47. The van der Waals surface area contributed by atoms with Crippen molar-refractivity contribution in [1.29, 1.82) is 0 Å². The van der Waals surface area contributed by atoms with Crippen LogP contribution in [0.3, 0.4) is 0 Å². The summed E-state index contributed by atoms with van der Waals surface area (Å²) < 4.78 is 34.2. The fourth-order valence-electron chi connectivity index (χ4n) is 2.20. The van der Waals surface area contributed by atoms with E-state index >= 15 is 0 Å². The molecule has 0 atom stereocenters. The second kappa shape index (κ2) is 7.68. The van der Waals surface area contributed by atoms with E-state index in [1.807, 2.05) is 6.92 Å². The van der Waals surface area contributed by atoms with Gasteiger partial charge in [0.25, 0.3) is 0 Å². The number of esters is 1. The molecule has 0 bridgehead atoms. The van der Waals surface area contributed by atoms with Gasteiger partial charge in [-0.25, -0.2) is 9.18 Å². The maximum Gasteiger partial charge on any atom is 0.338 e. The fourth-order valence-corrected chi connectivity index (χ4v) is 2.20. The summed E-state index contributed by atoms with van der Waals surface area (Å²) in [5.74, 6) is -0.0192. The predicted octanol–water partition coefficient (Wildman–Crippen LogP) is 3.52. The number of hydrogen-bond acceptors (Lipinski definition) is 5. The fraction of sp³-hybridized carbons (Fsp3) is 0.278. The molecule has 128 valence electrons. The van der Waals surface area contributed by atoms with E-state index in [1.54, 1.807) is 19.2 Å². The highest BCUT2D eigenvalue weighted by Crippen LogP contribution is 2.30. The van der Waals surface area contributed by atoms with Crippen LogP contribution < -0.4 is 14.2 Å². The number of halogens is 1. The van der Waals surface area contributed by atoms with Crippen molar-refractivity contribution in [3.05, 3.63) is 52.8 Å². The molecule has 2 aromatic carbocycles. The second-order valence-corrected chi connectivity index (χ2v) is 5.06. The SMILES string of the molecule is COc1ccc(C(=O)OCc2cc(OC)c(OC)cc2C)cc1F. The molecule has 0 amide bonds. The molecular formula is C18H19FO5. The molecule has 0 radical (unpaired) electrons. The van der Waals surface area contributed by atoms with Crippen LogP contribution in [-0.2, 0) is 11.3 Å². The number of hydrogen-bond donors (Lipinski definition) is 0. The van der Waals surface area contributed by atoms with Crippen molar-refractivity contribution in [2.45, 2.75) is 13.5 Å². The summed E-state index contributed by atoms with van der Waals surface area (Å²) in [5, 5.41) is 0. The third-order valence-corrected chi connectivity index (χ3v) is 3.59. The molecule has 0 saturated heterocycles. The highest BCUT2D eigenvalue weighted by Gasteiger charge is 2.14. The summed E-state index contributed by atoms with van der Waals surface area (Å²) in [7, 11) is 4.44. The first-order chi connectivity index (χ1) is 11.5. The summed E-state index contributed by atoms with van der Waals surface area (Å²) in [5.41, 5.74) is 1.78. The number of ether oxygens (including phenoxy) is 4. The van der Waals surface area contributed by atoms with Crippen molar-refractivity contribution in [3.8, 4) is 17.2 Å². The molecule has 24 heavy (non-hydrogen) atoms. The minimum Gasteiger partial charge on any atom is -0.494 e. The first kappa shape index (κ1) is 17.6. The van der Waals surface area contributed by atoms with E-state index in [0.29, 0.717) is 11.5 Å². The molecule has 0 fully saturated rings. The average Bonchev–Trinajstić information content (AvgIpc) is 2.59. The van der Waals surface area contributed by atoms with E-state index in [1.165, 1.54) is 26.4 Å². The molecule has 2 rings (SSSR count). The first-order valence-electron chi connectivity index (χ1n) is 7.22. The Balaban J connectivity index is 2.13. The average molecular weight is 334 g/mol. The lowest BCUT2D eigenvalue weighted by Gasteiger charge is -2.13. The smallest absolute Gasteiger partial charge is 0.338 e. The van der Waals surface area contributed by atoms with Crippen LogP contribution in [0.15, 0.2) is 30.3 Å². The molecule has 2 aromatic rings. The Morgan fingerprint density at radius 1 is 0.958 bits per heavy atom. The molecule has 0 aliphatic heterocycles. The predicted molar refractivity (Wildman–Crippen MR) is 86.4 cm³/mol. The lowest BCUT2D eigenvalue weighted by atomic mass is 10.1. The highest BCUT2D eigenvalue weighted by atomic mass is 19.1. The van der Waals surface area contributed by atoms with Gasteiger partial charge < -0.3 is 18.9 Å². The maximum absolute atomic E-state index is 13.7. The Morgan fingerprint density at radius 2 is 1.58 bits per heavy atom. The van der Waals surface area contributed by atoms with Crippen molar-refractivity contribution in [2.75, 3.05) is 21.3 Å². The van der Waals surface area contributed by atoms with Gasteiger partial charge in [-0.3, -0.25) is 0 Å². The molecule has 0 heterocycles. The molecule has 5 nitrogen and oxygen atoms in total. The molecule has 0 N–H and O–H groups in total. The molecule has 0 spiro atoms. The standard InChI is InChI=1S/C18H19FO5/c1-11-7-16(22-3)17(23-4)9-13(11)10-24-18(20)12-5-6-15(21-2)14(19)8-12/h5-9H,10H2,1-4H3. The van der Waals surface area contributed by atoms with Crippen LogP contribution in [0.5, 0.6) is 17.2 Å². The minimum atomic E-state index is -0.620. The Kier molecular flexibility index (Phi) is 5.63. The van der Waals surface area contributed by atoms with Gasteiger partial charge in [-0.15, -0.1) is 0 Å². The van der Waals surface area contributed by atoms with Gasteiger partial charge in [-0.1, -0.05) is 0 Å². The van der Waals surface area contributed by atoms with Crippen LogP contribution in [0.25, 0.3) is 0 Å². The molecule has 6 heteroatoms. The van der Waals surface area contributed by atoms with Crippen LogP contribution in [-0.4, -0.2) is 27.3 Å². The van der Waals surface area contributed by atoms with Crippen LogP contribution in [0, 0.1) is 12.7 Å². The van der Waals surface area contributed by atoms with Crippen LogP contribution >= 0.6 is 0 Å². The number of aryl methyl sites for hydroxylation is 1. The zero-order valence-corrected chi connectivity index (χ0v) is 14.0. The third-order valence-electron chi connectivity index (χ3n) is 3.59. The Morgan fingerprint density at radius 3 is 2.17 bits per heavy atom. The van der Waals surface area contributed by atoms with Gasteiger partial charge in [0.15, 0.2) is 23.1 Å². The second-order valence-electron chi connectivity index (χ2n) is 5.06. The quantitative estimate of drug-likeness (QED) is 0.757. The number of carbonyl (C=O) groups is 1. The lowest BCUT2D eigenvalue weighted by Crippen LogP contribution is -2.07. The van der Waals surface area contributed by atoms with Crippen molar-refractivity contribution in [3.63, 3.8) is 0 Å². The zero-order valence-electron chi connectivity index (χ0n) is 14.0. The van der Waals surface area contributed by atoms with Gasteiger partial charge in [0, 0.05) is 0 Å². The summed E-state index contributed by atoms with van der Waals surface area (Å²) >= 11 is 0. The lowest BCUT2D eigenvalue weighted by molar-refractivity contribution is 0.0471. The first-order valence-corrected chi connectivity index (χ1v) is 7.22. The molecule has 0 unspecified atom stereocenters. The van der Waals surface area contributed by atoms with Crippen LogP contribution in [0.1, 0.15) is 21.5 Å². The Hall–Kier alpha value is -2.76. The van der Waals surface area contributed by atoms with Crippen LogP contribution in [0.2, 0.25) is 0 Å².